The predicted molar refractivity (Wildman–Crippen MR) is 56.8 cm³/mol. The molecule has 0 aromatic carbocycles. The summed E-state index contributed by atoms with van der Waals surface area (Å²) in [4.78, 5) is 36.4. The van der Waals surface area contributed by atoms with Crippen LogP contribution < -0.4 is 0 Å². The maximum Gasteiger partial charge on any atom is 0.376 e. The molecule has 0 radical (unpaired) electrons. The summed E-state index contributed by atoms with van der Waals surface area (Å²) in [6.45, 7) is 1.38. The Morgan fingerprint density at radius 2 is 1.82 bits per heavy atom. The Morgan fingerprint density at radius 1 is 1.35 bits per heavy atom. The van der Waals surface area contributed by atoms with Gasteiger partial charge in [0.2, 0.25) is 0 Å². The molecule has 0 aliphatic carbocycles. The monoisotopic (exact) mass is 238 g/mol. The van der Waals surface area contributed by atoms with Gasteiger partial charge in [-0.05, 0) is 6.82 Å². The van der Waals surface area contributed by atoms with Gasteiger partial charge in [0.1, 0.15) is 0 Å². The first-order valence-electron chi connectivity index (χ1n) is 5.10. The Bertz CT molecular complexity index is 409. The van der Waals surface area contributed by atoms with Crippen LogP contribution in [-0.2, 0) is 14.4 Å². The standard InChI is InChI=1S/C9H11BN2O5/c1-10(17)11-4-9(5-11,8(15)16)12-6(13)2-3-7(12)14/h2-3,17H,4-5H2,1H3,(H,15,16). The fraction of sp³-hybridized carbons (Fsp3) is 0.444. The summed E-state index contributed by atoms with van der Waals surface area (Å²) in [5, 5.41) is 18.5. The van der Waals surface area contributed by atoms with Crippen molar-refractivity contribution in [1.29, 1.82) is 0 Å². The predicted octanol–water partition coefficient (Wildman–Crippen LogP) is -1.84. The van der Waals surface area contributed by atoms with Gasteiger partial charge in [0.25, 0.3) is 11.8 Å². The van der Waals surface area contributed by atoms with E-state index < -0.39 is 30.4 Å². The number of hydrogen-bond acceptors (Lipinski definition) is 5. The molecule has 1 saturated heterocycles. The van der Waals surface area contributed by atoms with Crippen LogP contribution in [0.25, 0.3) is 0 Å². The molecule has 2 amide bonds. The highest BCUT2D eigenvalue weighted by atomic mass is 16.4. The normalized spacial score (nSPS) is 22.8. The van der Waals surface area contributed by atoms with E-state index in [-0.39, 0.29) is 13.1 Å². The van der Waals surface area contributed by atoms with E-state index in [0.717, 1.165) is 17.1 Å². The van der Waals surface area contributed by atoms with Gasteiger partial charge in [0, 0.05) is 25.2 Å². The highest BCUT2D eigenvalue weighted by Crippen LogP contribution is 2.31. The van der Waals surface area contributed by atoms with Gasteiger partial charge >= 0.3 is 13.0 Å². The van der Waals surface area contributed by atoms with E-state index in [1.807, 2.05) is 0 Å². The van der Waals surface area contributed by atoms with E-state index in [0.29, 0.717) is 0 Å². The molecule has 90 valence electrons. The Kier molecular flexibility index (Phi) is 2.55. The molecule has 7 nitrogen and oxygen atoms in total. The number of imide groups is 1. The zero-order chi connectivity index (χ0) is 12.8. The average Bonchev–Trinajstić information content (AvgIpc) is 2.46. The summed E-state index contributed by atoms with van der Waals surface area (Å²) in [5.74, 6) is -2.48. The van der Waals surface area contributed by atoms with Crippen LogP contribution in [0.4, 0.5) is 0 Å². The molecule has 0 atom stereocenters. The largest absolute Gasteiger partial charge is 0.479 e. The Hall–Kier alpha value is -1.67. The molecule has 2 aliphatic heterocycles. The fourth-order valence-electron chi connectivity index (χ4n) is 2.08. The van der Waals surface area contributed by atoms with E-state index >= 15 is 0 Å². The SMILES string of the molecule is CB(O)N1CC(C(=O)O)(N2C(=O)C=CC2=O)C1. The minimum atomic E-state index is -1.55. The molecule has 0 bridgehead atoms. The zero-order valence-electron chi connectivity index (χ0n) is 9.16. The molecule has 0 unspecified atom stereocenters. The lowest BCUT2D eigenvalue weighted by molar-refractivity contribution is -0.170. The fourth-order valence-corrected chi connectivity index (χ4v) is 2.08. The van der Waals surface area contributed by atoms with Gasteiger partial charge < -0.3 is 14.9 Å². The van der Waals surface area contributed by atoms with Crippen LogP contribution in [0.5, 0.6) is 0 Å². The number of rotatable bonds is 3. The third-order valence-corrected chi connectivity index (χ3v) is 3.09. The van der Waals surface area contributed by atoms with Crippen molar-refractivity contribution in [2.24, 2.45) is 0 Å². The van der Waals surface area contributed by atoms with Crippen LogP contribution in [0, 0.1) is 0 Å². The van der Waals surface area contributed by atoms with Crippen LogP contribution in [0.3, 0.4) is 0 Å². The second-order valence-electron chi connectivity index (χ2n) is 4.22. The third kappa shape index (κ3) is 1.56. The van der Waals surface area contributed by atoms with Crippen molar-refractivity contribution < 1.29 is 24.5 Å². The van der Waals surface area contributed by atoms with Crippen LogP contribution in [0.1, 0.15) is 0 Å². The van der Waals surface area contributed by atoms with Gasteiger partial charge in [-0.1, -0.05) is 0 Å². The van der Waals surface area contributed by atoms with Crippen molar-refractivity contribution in [2.45, 2.75) is 12.4 Å². The maximum absolute atomic E-state index is 11.5. The summed E-state index contributed by atoms with van der Waals surface area (Å²) in [5.41, 5.74) is -1.55. The molecule has 8 heteroatoms. The Labute approximate surface area is 97.4 Å². The number of carbonyl (C=O) groups excluding carboxylic acids is 2. The first kappa shape index (κ1) is 11.8. The molecule has 0 saturated carbocycles. The van der Waals surface area contributed by atoms with Crippen molar-refractivity contribution in [3.63, 3.8) is 0 Å². The molecule has 0 aromatic rings. The summed E-state index contributed by atoms with van der Waals surface area (Å²) < 4.78 is 0. The molecule has 2 aliphatic rings. The molecule has 2 rings (SSSR count). The minimum Gasteiger partial charge on any atom is -0.479 e. The van der Waals surface area contributed by atoms with Gasteiger partial charge in [0.05, 0.1) is 0 Å². The number of carboxylic acid groups (broad SMARTS) is 1. The number of carboxylic acids is 1. The van der Waals surface area contributed by atoms with Crippen LogP contribution in [0.15, 0.2) is 12.2 Å². The van der Waals surface area contributed by atoms with E-state index in [1.54, 1.807) is 0 Å². The summed E-state index contributed by atoms with van der Waals surface area (Å²) >= 11 is 0. The molecule has 2 N–H and O–H groups in total. The lowest BCUT2D eigenvalue weighted by atomic mass is 9.74. The van der Waals surface area contributed by atoms with Crippen LogP contribution >= 0.6 is 0 Å². The lowest BCUT2D eigenvalue weighted by Gasteiger charge is -2.51. The lowest BCUT2D eigenvalue weighted by Crippen LogP contribution is -2.77. The molecule has 2 heterocycles. The zero-order valence-corrected chi connectivity index (χ0v) is 9.16. The van der Waals surface area contributed by atoms with Crippen molar-refractivity contribution in [3.05, 3.63) is 12.2 Å². The van der Waals surface area contributed by atoms with Gasteiger partial charge in [-0.3, -0.25) is 14.5 Å². The van der Waals surface area contributed by atoms with Crippen molar-refractivity contribution in [2.75, 3.05) is 13.1 Å². The van der Waals surface area contributed by atoms with Crippen molar-refractivity contribution in [3.8, 4) is 0 Å². The van der Waals surface area contributed by atoms with Gasteiger partial charge in [-0.15, -0.1) is 0 Å². The highest BCUT2D eigenvalue weighted by molar-refractivity contribution is 6.45. The maximum atomic E-state index is 11.5. The summed E-state index contributed by atoms with van der Waals surface area (Å²) in [6, 6.07) is 0. The van der Waals surface area contributed by atoms with Gasteiger partial charge in [-0.25, -0.2) is 4.79 Å². The van der Waals surface area contributed by atoms with Crippen molar-refractivity contribution in [1.82, 2.24) is 9.71 Å². The van der Waals surface area contributed by atoms with E-state index in [1.165, 1.54) is 11.6 Å². The number of nitrogens with zero attached hydrogens (tertiary/aromatic N) is 2. The topological polar surface area (TPSA) is 98.1 Å². The molecule has 0 aromatic heterocycles. The molecular formula is C9H11BN2O5. The van der Waals surface area contributed by atoms with Crippen LogP contribution in [0.2, 0.25) is 6.82 Å². The quantitative estimate of drug-likeness (QED) is 0.443. The number of amides is 2. The summed E-state index contributed by atoms with van der Waals surface area (Å²) in [7, 11) is -0.803. The second-order valence-corrected chi connectivity index (χ2v) is 4.22. The number of aliphatic carboxylic acids is 1. The first-order valence-corrected chi connectivity index (χ1v) is 5.10. The Balaban J connectivity index is 2.24. The first-order chi connectivity index (χ1) is 7.88. The van der Waals surface area contributed by atoms with Crippen molar-refractivity contribution >= 4 is 24.8 Å². The smallest absolute Gasteiger partial charge is 0.376 e. The Morgan fingerprint density at radius 3 is 2.18 bits per heavy atom. The van der Waals surface area contributed by atoms with Crippen LogP contribution in [-0.4, -0.2) is 63.3 Å². The summed E-state index contributed by atoms with van der Waals surface area (Å²) in [6.07, 6.45) is 2.11. The molecular weight excluding hydrogens is 227 g/mol. The minimum absolute atomic E-state index is 0.0564. The second kappa shape index (κ2) is 3.68. The van der Waals surface area contributed by atoms with E-state index in [2.05, 4.69) is 0 Å². The van der Waals surface area contributed by atoms with E-state index in [4.69, 9.17) is 0 Å². The number of hydrogen-bond donors (Lipinski definition) is 2. The molecule has 0 spiro atoms. The van der Waals surface area contributed by atoms with Gasteiger partial charge in [-0.2, -0.15) is 0 Å². The molecule has 1 fully saturated rings. The highest BCUT2D eigenvalue weighted by Gasteiger charge is 2.59. The average molecular weight is 238 g/mol. The molecule has 17 heavy (non-hydrogen) atoms. The number of carbonyl (C=O) groups is 3. The van der Waals surface area contributed by atoms with Gasteiger partial charge in [0.15, 0.2) is 5.54 Å². The van der Waals surface area contributed by atoms with E-state index in [9.17, 15) is 24.5 Å². The third-order valence-electron chi connectivity index (χ3n) is 3.09.